The number of para-hydroxylation sites is 1. The molecule has 2 aliphatic rings. The summed E-state index contributed by atoms with van der Waals surface area (Å²) in [5, 5.41) is 0. The average molecular weight is 477 g/mol. The van der Waals surface area contributed by atoms with E-state index in [1.807, 2.05) is 43.3 Å². The van der Waals surface area contributed by atoms with E-state index in [1.165, 1.54) is 10.4 Å². The highest BCUT2D eigenvalue weighted by Crippen LogP contribution is 2.39. The van der Waals surface area contributed by atoms with Gasteiger partial charge in [-0.3, -0.25) is 9.10 Å². The monoisotopic (exact) mass is 476 g/mol. The Kier molecular flexibility index (Phi) is 5.81. The predicted molar refractivity (Wildman–Crippen MR) is 133 cm³/mol. The van der Waals surface area contributed by atoms with Crippen LogP contribution in [0.25, 0.3) is 0 Å². The number of sulfonamides is 1. The van der Waals surface area contributed by atoms with Gasteiger partial charge < -0.3 is 9.64 Å². The van der Waals surface area contributed by atoms with Crippen LogP contribution in [0.2, 0.25) is 0 Å². The van der Waals surface area contributed by atoms with Crippen LogP contribution in [0.3, 0.4) is 0 Å². The molecule has 0 aromatic heterocycles. The van der Waals surface area contributed by atoms with Crippen LogP contribution >= 0.6 is 0 Å². The molecule has 0 aliphatic carbocycles. The zero-order valence-corrected chi connectivity index (χ0v) is 20.3. The second-order valence-electron chi connectivity index (χ2n) is 8.81. The van der Waals surface area contributed by atoms with Crippen molar-refractivity contribution in [1.29, 1.82) is 0 Å². The third-order valence-corrected chi connectivity index (χ3v) is 8.57. The molecule has 3 aromatic rings. The van der Waals surface area contributed by atoms with Crippen LogP contribution in [0.1, 0.15) is 39.9 Å². The highest BCUT2D eigenvalue weighted by atomic mass is 32.2. The number of aryl methyl sites for hydroxylation is 2. The molecule has 6 nitrogen and oxygen atoms in total. The van der Waals surface area contributed by atoms with Crippen LogP contribution in [0.5, 0.6) is 5.75 Å². The van der Waals surface area contributed by atoms with Gasteiger partial charge in [-0.15, -0.1) is 0 Å². The fourth-order valence-electron chi connectivity index (χ4n) is 5.04. The topological polar surface area (TPSA) is 66.9 Å². The zero-order chi connectivity index (χ0) is 23.9. The van der Waals surface area contributed by atoms with Crippen LogP contribution in [-0.4, -0.2) is 34.5 Å². The summed E-state index contributed by atoms with van der Waals surface area (Å²) >= 11 is 0. The molecule has 176 valence electrons. The Morgan fingerprint density at radius 3 is 2.56 bits per heavy atom. The van der Waals surface area contributed by atoms with Crippen molar-refractivity contribution in [3.05, 3.63) is 82.9 Å². The molecule has 0 unspecified atom stereocenters. The molecule has 2 heterocycles. The van der Waals surface area contributed by atoms with Crippen molar-refractivity contribution in [2.45, 2.75) is 37.5 Å². The third-order valence-electron chi connectivity index (χ3n) is 6.76. The van der Waals surface area contributed by atoms with Crippen molar-refractivity contribution >= 4 is 27.3 Å². The Morgan fingerprint density at radius 1 is 0.941 bits per heavy atom. The number of hydrogen-bond acceptors (Lipinski definition) is 4. The molecular formula is C27H28N2O4S. The SMILES string of the molecule is COc1ccc(C)c2c1N(C(=O)c1cccc(S(=O)(=O)N3CCCc4ccccc43)c1)CCC2. The number of hydrogen-bond donors (Lipinski definition) is 0. The molecule has 0 spiro atoms. The largest absolute Gasteiger partial charge is 0.495 e. The van der Waals surface area contributed by atoms with Crippen LogP contribution in [0, 0.1) is 6.92 Å². The number of benzene rings is 3. The number of methoxy groups -OCH3 is 1. The fraction of sp³-hybridized carbons (Fsp3) is 0.296. The van der Waals surface area contributed by atoms with Gasteiger partial charge in [0, 0.05) is 18.7 Å². The number of anilines is 2. The van der Waals surface area contributed by atoms with Crippen LogP contribution in [0.4, 0.5) is 11.4 Å². The van der Waals surface area contributed by atoms with E-state index in [1.54, 1.807) is 30.2 Å². The van der Waals surface area contributed by atoms with Gasteiger partial charge in [-0.25, -0.2) is 8.42 Å². The highest BCUT2D eigenvalue weighted by molar-refractivity contribution is 7.92. The molecule has 0 radical (unpaired) electrons. The standard InChI is InChI=1S/C27H28N2O4S/c1-19-14-15-25(33-2)26-23(19)12-7-16-28(26)27(30)21-9-5-11-22(18-21)34(31,32)29-17-6-10-20-8-3-4-13-24(20)29/h3-5,8-9,11,13-15,18H,6-7,10,12,16-17H2,1-2H3. The van der Waals surface area contributed by atoms with Gasteiger partial charge in [-0.2, -0.15) is 0 Å². The maximum Gasteiger partial charge on any atom is 0.264 e. The lowest BCUT2D eigenvalue weighted by atomic mass is 9.95. The predicted octanol–water partition coefficient (Wildman–Crippen LogP) is 4.74. The maximum absolute atomic E-state index is 13.7. The van der Waals surface area contributed by atoms with E-state index in [4.69, 9.17) is 4.74 Å². The maximum atomic E-state index is 13.7. The lowest BCUT2D eigenvalue weighted by molar-refractivity contribution is 0.0984. The molecule has 0 bridgehead atoms. The molecule has 0 N–H and O–H groups in total. The number of carbonyl (C=O) groups is 1. The van der Waals surface area contributed by atoms with E-state index in [0.717, 1.165) is 53.7 Å². The van der Waals surface area contributed by atoms with E-state index in [0.29, 0.717) is 24.4 Å². The lowest BCUT2D eigenvalue weighted by Crippen LogP contribution is -2.37. The summed E-state index contributed by atoms with van der Waals surface area (Å²) < 4.78 is 34.3. The summed E-state index contributed by atoms with van der Waals surface area (Å²) in [6.07, 6.45) is 3.34. The first kappa shape index (κ1) is 22.5. The van der Waals surface area contributed by atoms with Gasteiger partial charge >= 0.3 is 0 Å². The van der Waals surface area contributed by atoms with Gasteiger partial charge in [-0.1, -0.05) is 30.3 Å². The van der Waals surface area contributed by atoms with Crippen molar-refractivity contribution in [3.8, 4) is 5.75 Å². The minimum absolute atomic E-state index is 0.128. The number of fused-ring (bicyclic) bond motifs is 2. The van der Waals surface area contributed by atoms with Gasteiger partial charge in [0.15, 0.2) is 0 Å². The van der Waals surface area contributed by atoms with E-state index >= 15 is 0 Å². The summed E-state index contributed by atoms with van der Waals surface area (Å²) in [6.45, 7) is 3.02. The summed E-state index contributed by atoms with van der Waals surface area (Å²) in [5.41, 5.74) is 5.10. The van der Waals surface area contributed by atoms with Gasteiger partial charge in [0.1, 0.15) is 5.75 Å². The first-order valence-electron chi connectivity index (χ1n) is 11.6. The van der Waals surface area contributed by atoms with Gasteiger partial charge in [-0.05, 0) is 79.6 Å². The molecule has 2 aliphatic heterocycles. The summed E-state index contributed by atoms with van der Waals surface area (Å²) in [4.78, 5) is 15.5. The molecular weight excluding hydrogens is 448 g/mol. The van der Waals surface area contributed by atoms with Crippen LogP contribution in [0.15, 0.2) is 65.6 Å². The Balaban J connectivity index is 1.52. The fourth-order valence-corrected chi connectivity index (χ4v) is 6.63. The molecule has 34 heavy (non-hydrogen) atoms. The van der Waals surface area contributed by atoms with E-state index < -0.39 is 10.0 Å². The molecule has 0 saturated carbocycles. The second-order valence-corrected chi connectivity index (χ2v) is 10.7. The van der Waals surface area contributed by atoms with Crippen molar-refractivity contribution in [3.63, 3.8) is 0 Å². The van der Waals surface area contributed by atoms with Crippen molar-refractivity contribution < 1.29 is 17.9 Å². The van der Waals surface area contributed by atoms with Gasteiger partial charge in [0.2, 0.25) is 0 Å². The van der Waals surface area contributed by atoms with Crippen LogP contribution < -0.4 is 13.9 Å². The number of nitrogens with zero attached hydrogens (tertiary/aromatic N) is 2. The zero-order valence-electron chi connectivity index (χ0n) is 19.5. The summed E-state index contributed by atoms with van der Waals surface area (Å²) in [6, 6.07) is 17.9. The molecule has 7 heteroatoms. The highest BCUT2D eigenvalue weighted by Gasteiger charge is 2.31. The normalized spacial score (nSPS) is 15.5. The molecule has 0 atom stereocenters. The first-order chi connectivity index (χ1) is 16.4. The Bertz CT molecular complexity index is 1370. The third kappa shape index (κ3) is 3.74. The molecule has 5 rings (SSSR count). The second kappa shape index (κ2) is 8.80. The number of amides is 1. The van der Waals surface area contributed by atoms with Gasteiger partial charge in [0.25, 0.3) is 15.9 Å². The molecule has 0 saturated heterocycles. The first-order valence-corrected chi connectivity index (χ1v) is 13.0. The van der Waals surface area contributed by atoms with Gasteiger partial charge in [0.05, 0.1) is 23.4 Å². The molecule has 3 aromatic carbocycles. The smallest absolute Gasteiger partial charge is 0.264 e. The van der Waals surface area contributed by atoms with Crippen molar-refractivity contribution in [1.82, 2.24) is 0 Å². The quantitative estimate of drug-likeness (QED) is 0.546. The van der Waals surface area contributed by atoms with E-state index in [-0.39, 0.29) is 10.8 Å². The van der Waals surface area contributed by atoms with Crippen LogP contribution in [-0.2, 0) is 22.9 Å². The average Bonchev–Trinajstić information content (AvgIpc) is 2.88. The minimum Gasteiger partial charge on any atom is -0.495 e. The lowest BCUT2D eigenvalue weighted by Gasteiger charge is -2.32. The molecule has 0 fully saturated rings. The van der Waals surface area contributed by atoms with E-state index in [2.05, 4.69) is 0 Å². The Hall–Kier alpha value is -3.32. The van der Waals surface area contributed by atoms with Crippen molar-refractivity contribution in [2.24, 2.45) is 0 Å². The summed E-state index contributed by atoms with van der Waals surface area (Å²) in [5.74, 6) is 0.434. The number of rotatable bonds is 4. The minimum atomic E-state index is -3.80. The van der Waals surface area contributed by atoms with E-state index in [9.17, 15) is 13.2 Å². The summed E-state index contributed by atoms with van der Waals surface area (Å²) in [7, 11) is -2.20. The van der Waals surface area contributed by atoms with Crippen molar-refractivity contribution in [2.75, 3.05) is 29.4 Å². The molecule has 1 amide bonds. The number of ether oxygens (including phenoxy) is 1. The number of carbonyl (C=O) groups excluding carboxylic acids is 1. The Labute approximate surface area is 200 Å². The Morgan fingerprint density at radius 2 is 1.74 bits per heavy atom.